The number of nitrogens with one attached hydrogen (secondary N) is 2. The van der Waals surface area contributed by atoms with Crippen LogP contribution in [0.4, 0.5) is 18.9 Å². The van der Waals surface area contributed by atoms with Crippen molar-refractivity contribution < 1.29 is 18.0 Å². The van der Waals surface area contributed by atoms with Crippen LogP contribution in [0.1, 0.15) is 31.7 Å². The summed E-state index contributed by atoms with van der Waals surface area (Å²) < 4.78 is 36.8. The fraction of sp³-hybridized carbons (Fsp3) is 0.562. The fourth-order valence-electron chi connectivity index (χ4n) is 2.71. The molecule has 0 aliphatic carbocycles. The van der Waals surface area contributed by atoms with Gasteiger partial charge in [-0.2, -0.15) is 13.2 Å². The molecule has 6 heteroatoms. The number of amides is 1. The molecule has 0 saturated carbocycles. The van der Waals surface area contributed by atoms with Crippen LogP contribution in [0.15, 0.2) is 24.3 Å². The molecule has 1 heterocycles. The van der Waals surface area contributed by atoms with Crippen LogP contribution < -0.4 is 10.6 Å². The average Bonchev–Trinajstić information content (AvgIpc) is 2.45. The second kappa shape index (κ2) is 7.13. The van der Waals surface area contributed by atoms with E-state index in [9.17, 15) is 18.0 Å². The highest BCUT2D eigenvalue weighted by molar-refractivity contribution is 5.92. The maximum Gasteiger partial charge on any atom is 0.389 e. The summed E-state index contributed by atoms with van der Waals surface area (Å²) in [7, 11) is 0. The Balaban J connectivity index is 1.93. The average molecular weight is 314 g/mol. The lowest BCUT2D eigenvalue weighted by atomic mass is 9.92. The van der Waals surface area contributed by atoms with Gasteiger partial charge in [0.25, 0.3) is 0 Å². The molecule has 1 saturated heterocycles. The van der Waals surface area contributed by atoms with Crippen LogP contribution in [-0.2, 0) is 11.2 Å². The molecule has 0 spiro atoms. The Morgan fingerprint density at radius 1 is 1.41 bits per heavy atom. The Morgan fingerprint density at radius 3 is 2.86 bits per heavy atom. The number of carbonyl (C=O) groups is 1. The molecule has 1 aromatic rings. The van der Waals surface area contributed by atoms with Gasteiger partial charge in [0.05, 0.1) is 0 Å². The Bertz CT molecular complexity index is 516. The minimum atomic E-state index is -4.16. The van der Waals surface area contributed by atoms with Crippen LogP contribution in [0.5, 0.6) is 0 Å². The van der Waals surface area contributed by atoms with Crippen molar-refractivity contribution in [3.8, 4) is 0 Å². The van der Waals surface area contributed by atoms with Crippen molar-refractivity contribution in [2.45, 2.75) is 44.8 Å². The van der Waals surface area contributed by atoms with Crippen LogP contribution in [0.3, 0.4) is 0 Å². The van der Waals surface area contributed by atoms with E-state index in [-0.39, 0.29) is 18.2 Å². The number of hydrogen-bond donors (Lipinski definition) is 2. The lowest BCUT2D eigenvalue weighted by molar-refractivity contribution is -0.134. The summed E-state index contributed by atoms with van der Waals surface area (Å²) in [5, 5.41) is 6.11. The van der Waals surface area contributed by atoms with E-state index >= 15 is 0 Å². The van der Waals surface area contributed by atoms with Gasteiger partial charge < -0.3 is 10.6 Å². The Hall–Kier alpha value is -1.56. The highest BCUT2D eigenvalue weighted by atomic mass is 19.4. The fourth-order valence-corrected chi connectivity index (χ4v) is 2.71. The van der Waals surface area contributed by atoms with Gasteiger partial charge >= 0.3 is 6.18 Å². The quantitative estimate of drug-likeness (QED) is 0.893. The van der Waals surface area contributed by atoms with Gasteiger partial charge in [0.1, 0.15) is 0 Å². The maximum absolute atomic E-state index is 12.3. The first kappa shape index (κ1) is 16.8. The van der Waals surface area contributed by atoms with Gasteiger partial charge in [-0.25, -0.2) is 0 Å². The smallest absolute Gasteiger partial charge is 0.326 e. The third kappa shape index (κ3) is 5.33. The molecule has 3 nitrogen and oxygen atoms in total. The van der Waals surface area contributed by atoms with Gasteiger partial charge in [-0.15, -0.1) is 0 Å². The van der Waals surface area contributed by atoms with Gasteiger partial charge in [0.15, 0.2) is 0 Å². The first-order chi connectivity index (χ1) is 10.3. The third-order valence-corrected chi connectivity index (χ3v) is 3.89. The number of benzene rings is 1. The normalized spacial score (nSPS) is 22.4. The number of carbonyl (C=O) groups excluding carboxylic acids is 1. The van der Waals surface area contributed by atoms with E-state index in [1.807, 2.05) is 6.92 Å². The van der Waals surface area contributed by atoms with Crippen molar-refractivity contribution in [3.63, 3.8) is 0 Å². The van der Waals surface area contributed by atoms with E-state index in [1.54, 1.807) is 24.3 Å². The number of piperidine rings is 1. The van der Waals surface area contributed by atoms with Crippen LogP contribution in [-0.4, -0.2) is 24.7 Å². The molecule has 2 N–H and O–H groups in total. The van der Waals surface area contributed by atoms with Crippen molar-refractivity contribution in [3.05, 3.63) is 29.8 Å². The summed E-state index contributed by atoms with van der Waals surface area (Å²) in [4.78, 5) is 12.2. The van der Waals surface area contributed by atoms with Gasteiger partial charge in [0, 0.05) is 24.1 Å². The molecule has 0 aromatic heterocycles. The monoisotopic (exact) mass is 314 g/mol. The molecule has 1 aliphatic rings. The van der Waals surface area contributed by atoms with E-state index in [1.165, 1.54) is 0 Å². The summed E-state index contributed by atoms with van der Waals surface area (Å²) in [6.07, 6.45) is -3.53. The zero-order chi connectivity index (χ0) is 16.2. The molecule has 2 atom stereocenters. The Morgan fingerprint density at radius 2 is 2.18 bits per heavy atom. The van der Waals surface area contributed by atoms with Crippen LogP contribution in [0, 0.1) is 5.92 Å². The number of alkyl halides is 3. The molecule has 1 aromatic carbocycles. The lowest BCUT2D eigenvalue weighted by Crippen LogP contribution is -2.40. The largest absolute Gasteiger partial charge is 0.389 e. The predicted molar refractivity (Wildman–Crippen MR) is 79.6 cm³/mol. The Labute approximate surface area is 128 Å². The van der Waals surface area contributed by atoms with Crippen molar-refractivity contribution in [2.24, 2.45) is 5.92 Å². The molecule has 0 radical (unpaired) electrons. The van der Waals surface area contributed by atoms with E-state index in [2.05, 4.69) is 10.6 Å². The van der Waals surface area contributed by atoms with Crippen LogP contribution in [0.2, 0.25) is 0 Å². The zero-order valence-electron chi connectivity index (χ0n) is 12.5. The number of anilines is 1. The van der Waals surface area contributed by atoms with E-state index in [0.29, 0.717) is 17.3 Å². The summed E-state index contributed by atoms with van der Waals surface area (Å²) >= 11 is 0. The molecular weight excluding hydrogens is 293 g/mol. The third-order valence-electron chi connectivity index (χ3n) is 3.89. The van der Waals surface area contributed by atoms with Crippen LogP contribution in [0.25, 0.3) is 0 Å². The molecule has 1 fully saturated rings. The zero-order valence-corrected chi connectivity index (χ0v) is 12.5. The number of hydrogen-bond acceptors (Lipinski definition) is 2. The second-order valence-corrected chi connectivity index (χ2v) is 5.88. The molecule has 0 bridgehead atoms. The standard InChI is InChI=1S/C16H21F3N2O/c1-11-9-13(6-8-20-11)15(22)21-14-4-2-3-12(10-14)5-7-16(17,18)19/h2-4,10-11,13,20H,5-9H2,1H3,(H,21,22)/t11-,13-/m0/s1. The summed E-state index contributed by atoms with van der Waals surface area (Å²) in [5.74, 6) is -0.101. The molecular formula is C16H21F3N2O. The van der Waals surface area contributed by atoms with Crippen molar-refractivity contribution in [1.82, 2.24) is 5.32 Å². The summed E-state index contributed by atoms with van der Waals surface area (Å²) in [6, 6.07) is 6.95. The van der Waals surface area contributed by atoms with Crippen molar-refractivity contribution >= 4 is 11.6 Å². The molecule has 22 heavy (non-hydrogen) atoms. The highest BCUT2D eigenvalue weighted by Crippen LogP contribution is 2.24. The van der Waals surface area contributed by atoms with Gasteiger partial charge in [-0.1, -0.05) is 12.1 Å². The van der Waals surface area contributed by atoms with Gasteiger partial charge in [-0.3, -0.25) is 4.79 Å². The maximum atomic E-state index is 12.3. The summed E-state index contributed by atoms with van der Waals surface area (Å²) in [5.41, 5.74) is 1.14. The SMILES string of the molecule is C[C@H]1C[C@@H](C(=O)Nc2cccc(CCC(F)(F)F)c2)CCN1. The molecule has 1 amide bonds. The van der Waals surface area contributed by atoms with Gasteiger partial charge in [0.2, 0.25) is 5.91 Å². The number of rotatable bonds is 4. The first-order valence-electron chi connectivity index (χ1n) is 7.53. The number of aryl methyl sites for hydroxylation is 1. The second-order valence-electron chi connectivity index (χ2n) is 5.88. The predicted octanol–water partition coefficient (Wildman–Crippen LogP) is 3.51. The first-order valence-corrected chi connectivity index (χ1v) is 7.53. The lowest BCUT2D eigenvalue weighted by Gasteiger charge is -2.27. The van der Waals surface area contributed by atoms with Gasteiger partial charge in [-0.05, 0) is 50.4 Å². The van der Waals surface area contributed by atoms with Crippen molar-refractivity contribution in [1.29, 1.82) is 0 Å². The number of halogens is 3. The van der Waals surface area contributed by atoms with Crippen LogP contribution >= 0.6 is 0 Å². The van der Waals surface area contributed by atoms with E-state index < -0.39 is 12.6 Å². The van der Waals surface area contributed by atoms with E-state index in [0.717, 1.165) is 19.4 Å². The van der Waals surface area contributed by atoms with E-state index in [4.69, 9.17) is 0 Å². The molecule has 2 rings (SSSR count). The molecule has 122 valence electrons. The molecule has 0 unspecified atom stereocenters. The minimum absolute atomic E-state index is 0.0462. The molecule has 1 aliphatic heterocycles. The van der Waals surface area contributed by atoms with Crippen molar-refractivity contribution in [2.75, 3.05) is 11.9 Å². The summed E-state index contributed by atoms with van der Waals surface area (Å²) in [6.45, 7) is 2.85. The topological polar surface area (TPSA) is 41.1 Å². The highest BCUT2D eigenvalue weighted by Gasteiger charge is 2.27. The minimum Gasteiger partial charge on any atom is -0.326 e. The Kier molecular flexibility index (Phi) is 5.45.